The summed E-state index contributed by atoms with van der Waals surface area (Å²) < 4.78 is 0. The van der Waals surface area contributed by atoms with Crippen molar-refractivity contribution in [3.63, 3.8) is 0 Å². The normalized spacial score (nSPS) is 32.1. The lowest BCUT2D eigenvalue weighted by molar-refractivity contribution is -0.125. The zero-order chi connectivity index (χ0) is 9.26. The minimum absolute atomic E-state index is 0.334. The molecule has 0 aromatic rings. The van der Waals surface area contributed by atoms with E-state index in [4.69, 9.17) is 0 Å². The van der Waals surface area contributed by atoms with Gasteiger partial charge in [-0.15, -0.1) is 0 Å². The van der Waals surface area contributed by atoms with E-state index in [0.717, 1.165) is 12.8 Å². The summed E-state index contributed by atoms with van der Waals surface area (Å²) in [6.07, 6.45) is 9.27. The topological polar surface area (TPSA) is 17.1 Å². The van der Waals surface area contributed by atoms with Crippen LogP contribution in [0.3, 0.4) is 0 Å². The number of fused-ring (bicyclic) bond motifs is 1. The van der Waals surface area contributed by atoms with Gasteiger partial charge < -0.3 is 0 Å². The van der Waals surface area contributed by atoms with Crippen molar-refractivity contribution in [2.75, 3.05) is 0 Å². The first-order valence-corrected chi connectivity index (χ1v) is 5.56. The van der Waals surface area contributed by atoms with E-state index >= 15 is 0 Å². The Kier molecular flexibility index (Phi) is 2.52. The number of carbonyl (C=O) groups is 1. The van der Waals surface area contributed by atoms with Crippen LogP contribution in [-0.4, -0.2) is 5.78 Å². The molecule has 0 saturated heterocycles. The number of allylic oxidation sites excluding steroid dienone is 2. The van der Waals surface area contributed by atoms with Gasteiger partial charge in [0.25, 0.3) is 0 Å². The van der Waals surface area contributed by atoms with Gasteiger partial charge in [-0.25, -0.2) is 0 Å². The highest BCUT2D eigenvalue weighted by Gasteiger charge is 2.38. The molecule has 0 unspecified atom stereocenters. The van der Waals surface area contributed by atoms with Gasteiger partial charge in [0.2, 0.25) is 0 Å². The third-order valence-corrected chi connectivity index (χ3v) is 3.43. The smallest absolute Gasteiger partial charge is 0.140 e. The average Bonchev–Trinajstić information content (AvgIpc) is 2.09. The van der Waals surface area contributed by atoms with Gasteiger partial charge in [-0.1, -0.05) is 25.0 Å². The summed E-state index contributed by atoms with van der Waals surface area (Å²) in [5.41, 5.74) is 1.58. The number of carbonyl (C=O) groups excluding carboxylic acids is 1. The Morgan fingerprint density at radius 3 is 3.15 bits per heavy atom. The zero-order valence-electron chi connectivity index (χ0n) is 8.38. The summed E-state index contributed by atoms with van der Waals surface area (Å²) >= 11 is 0. The molecule has 1 fully saturated rings. The molecule has 1 nitrogen and oxygen atoms in total. The van der Waals surface area contributed by atoms with Crippen LogP contribution >= 0.6 is 0 Å². The summed E-state index contributed by atoms with van der Waals surface area (Å²) in [6.45, 7) is 2.22. The first-order valence-electron chi connectivity index (χ1n) is 5.56. The average molecular weight is 178 g/mol. The van der Waals surface area contributed by atoms with E-state index in [1.54, 1.807) is 5.57 Å². The van der Waals surface area contributed by atoms with Crippen molar-refractivity contribution >= 4 is 5.78 Å². The standard InChI is InChI=1S/C12H18O/c1-2-3-5-9-8-11-10(9)6-4-7-12(11)13/h8,10-11H,2-7H2,1H3/t10-,11+/m0/s1. The first kappa shape index (κ1) is 8.98. The fraction of sp³-hybridized carbons (Fsp3) is 0.750. The van der Waals surface area contributed by atoms with Crippen molar-refractivity contribution in [3.8, 4) is 0 Å². The predicted molar refractivity (Wildman–Crippen MR) is 53.4 cm³/mol. The number of hydrogen-bond donors (Lipinski definition) is 0. The van der Waals surface area contributed by atoms with Crippen LogP contribution < -0.4 is 0 Å². The van der Waals surface area contributed by atoms with Gasteiger partial charge in [-0.3, -0.25) is 4.79 Å². The minimum Gasteiger partial charge on any atom is -0.299 e. The highest BCUT2D eigenvalue weighted by atomic mass is 16.1. The van der Waals surface area contributed by atoms with Crippen LogP contribution in [0.15, 0.2) is 11.6 Å². The molecule has 2 atom stereocenters. The second kappa shape index (κ2) is 3.65. The highest BCUT2D eigenvalue weighted by molar-refractivity contribution is 5.86. The Morgan fingerprint density at radius 1 is 1.54 bits per heavy atom. The number of Topliss-reactive ketones (excluding diaryl/α,β-unsaturated/α-hetero) is 1. The van der Waals surface area contributed by atoms with Crippen LogP contribution in [0.25, 0.3) is 0 Å². The summed E-state index contributed by atoms with van der Waals surface area (Å²) in [6, 6.07) is 0. The predicted octanol–water partition coefficient (Wildman–Crippen LogP) is 3.10. The monoisotopic (exact) mass is 178 g/mol. The third-order valence-electron chi connectivity index (χ3n) is 3.43. The molecule has 1 heteroatoms. The molecule has 2 aliphatic carbocycles. The van der Waals surface area contributed by atoms with E-state index in [1.165, 1.54) is 25.7 Å². The Bertz CT molecular complexity index is 240. The maximum atomic E-state index is 11.4. The van der Waals surface area contributed by atoms with Crippen LogP contribution in [0, 0.1) is 11.8 Å². The molecule has 1 saturated carbocycles. The maximum Gasteiger partial charge on any atom is 0.140 e. The van der Waals surface area contributed by atoms with Crippen LogP contribution in [0.1, 0.15) is 45.4 Å². The Labute approximate surface area is 80.2 Å². The Morgan fingerprint density at radius 2 is 2.38 bits per heavy atom. The van der Waals surface area contributed by atoms with Crippen LogP contribution in [-0.2, 0) is 4.79 Å². The number of unbranched alkanes of at least 4 members (excludes halogenated alkanes) is 1. The molecule has 0 bridgehead atoms. The Balaban J connectivity index is 1.94. The van der Waals surface area contributed by atoms with Crippen molar-refractivity contribution in [2.45, 2.75) is 45.4 Å². The molecule has 2 aliphatic rings. The van der Waals surface area contributed by atoms with E-state index in [2.05, 4.69) is 13.0 Å². The molecule has 72 valence electrons. The second-order valence-corrected chi connectivity index (χ2v) is 4.34. The van der Waals surface area contributed by atoms with E-state index in [0.29, 0.717) is 17.6 Å². The van der Waals surface area contributed by atoms with E-state index < -0.39 is 0 Å². The number of hydrogen-bond acceptors (Lipinski definition) is 1. The van der Waals surface area contributed by atoms with E-state index in [-0.39, 0.29) is 0 Å². The fourth-order valence-electron chi connectivity index (χ4n) is 2.58. The summed E-state index contributed by atoms with van der Waals surface area (Å²) in [5, 5.41) is 0. The Hall–Kier alpha value is -0.590. The minimum atomic E-state index is 0.334. The van der Waals surface area contributed by atoms with Crippen molar-refractivity contribution < 1.29 is 4.79 Å². The lowest BCUT2D eigenvalue weighted by Crippen LogP contribution is -2.35. The summed E-state index contributed by atoms with van der Waals surface area (Å²) in [7, 11) is 0. The van der Waals surface area contributed by atoms with Crippen molar-refractivity contribution in [1.29, 1.82) is 0 Å². The third kappa shape index (κ3) is 1.56. The van der Waals surface area contributed by atoms with Crippen molar-refractivity contribution in [1.82, 2.24) is 0 Å². The highest BCUT2D eigenvalue weighted by Crippen LogP contribution is 2.44. The number of ketones is 1. The van der Waals surface area contributed by atoms with E-state index in [9.17, 15) is 4.79 Å². The molecule has 0 amide bonds. The largest absolute Gasteiger partial charge is 0.299 e. The molecule has 0 heterocycles. The van der Waals surface area contributed by atoms with Gasteiger partial charge in [0.15, 0.2) is 0 Å². The van der Waals surface area contributed by atoms with Crippen LogP contribution in [0.4, 0.5) is 0 Å². The van der Waals surface area contributed by atoms with Gasteiger partial charge in [0.05, 0.1) is 0 Å². The molecule has 0 radical (unpaired) electrons. The summed E-state index contributed by atoms with van der Waals surface area (Å²) in [5.74, 6) is 1.49. The molecule has 0 aliphatic heterocycles. The SMILES string of the molecule is CCCCC1=C[C@H]2C(=O)CCC[C@@H]12. The quantitative estimate of drug-likeness (QED) is 0.607. The maximum absolute atomic E-state index is 11.4. The van der Waals surface area contributed by atoms with Gasteiger partial charge in [0.1, 0.15) is 5.78 Å². The molecule has 0 aromatic carbocycles. The van der Waals surface area contributed by atoms with Crippen LogP contribution in [0.2, 0.25) is 0 Å². The van der Waals surface area contributed by atoms with Gasteiger partial charge in [-0.05, 0) is 31.6 Å². The lowest BCUT2D eigenvalue weighted by Gasteiger charge is -2.38. The lowest BCUT2D eigenvalue weighted by atomic mass is 9.65. The number of rotatable bonds is 3. The van der Waals surface area contributed by atoms with Gasteiger partial charge >= 0.3 is 0 Å². The second-order valence-electron chi connectivity index (χ2n) is 4.34. The molecular weight excluding hydrogens is 160 g/mol. The van der Waals surface area contributed by atoms with Crippen molar-refractivity contribution in [2.24, 2.45) is 11.8 Å². The zero-order valence-corrected chi connectivity index (χ0v) is 8.38. The molecule has 0 N–H and O–H groups in total. The van der Waals surface area contributed by atoms with Gasteiger partial charge in [-0.2, -0.15) is 0 Å². The fourth-order valence-corrected chi connectivity index (χ4v) is 2.58. The van der Waals surface area contributed by atoms with Crippen LogP contribution in [0.5, 0.6) is 0 Å². The van der Waals surface area contributed by atoms with Crippen molar-refractivity contribution in [3.05, 3.63) is 11.6 Å². The molecule has 2 rings (SSSR count). The molecule has 13 heavy (non-hydrogen) atoms. The summed E-state index contributed by atoms with van der Waals surface area (Å²) in [4.78, 5) is 11.4. The van der Waals surface area contributed by atoms with E-state index in [1.807, 2.05) is 0 Å². The molecular formula is C12H18O. The molecule has 0 spiro atoms. The first-order chi connectivity index (χ1) is 6.33. The van der Waals surface area contributed by atoms with Gasteiger partial charge in [0, 0.05) is 12.3 Å². The molecule has 0 aromatic heterocycles.